The minimum Gasteiger partial charge on any atom is -0.493 e. The van der Waals surface area contributed by atoms with Gasteiger partial charge in [0.1, 0.15) is 54.8 Å². The van der Waals surface area contributed by atoms with Crippen LogP contribution in [0.3, 0.4) is 0 Å². The highest BCUT2D eigenvalue weighted by Gasteiger charge is 2.37. The van der Waals surface area contributed by atoms with Gasteiger partial charge in [-0.1, -0.05) is 0 Å². The maximum Gasteiger partial charge on any atom is 0.306 e. The first-order chi connectivity index (χ1) is 69.8. The number of carbonyl (C=O) groups is 16. The summed E-state index contributed by atoms with van der Waals surface area (Å²) in [5.41, 5.74) is 0.555. The number of thiophene rings is 1. The number of aliphatic hydroxyl groups excluding tert-OH is 10. The molecular formula is C90H136F2N12O40S. The number of ketones is 1. The average molecular weight is 2100 g/mol. The van der Waals surface area contributed by atoms with Gasteiger partial charge in [0.15, 0.2) is 40.4 Å². The molecule has 2 aliphatic heterocycles. The minimum absolute atomic E-state index is 0.0238. The number of hydrogen-bond donors (Lipinski definition) is 20. The van der Waals surface area contributed by atoms with Gasteiger partial charge in [0.05, 0.1) is 216 Å². The molecule has 2 aliphatic rings. The van der Waals surface area contributed by atoms with Crippen molar-refractivity contribution >= 4 is 116 Å². The number of methoxy groups -OCH3 is 2. The first-order valence-corrected chi connectivity index (χ1v) is 47.6. The molecule has 52 nitrogen and oxygen atoms in total. The predicted octanol–water partition coefficient (Wildman–Crippen LogP) is -7.48. The molecule has 3 heterocycles. The summed E-state index contributed by atoms with van der Waals surface area (Å²) in [7, 11) is 2.62. The van der Waals surface area contributed by atoms with Crippen LogP contribution in [0.1, 0.15) is 119 Å². The number of likely N-dealkylation sites (tertiary alicyclic amines) is 1. The van der Waals surface area contributed by atoms with Gasteiger partial charge in [-0.15, -0.1) is 11.3 Å². The third-order valence-electron chi connectivity index (χ3n) is 21.2. The van der Waals surface area contributed by atoms with Crippen molar-refractivity contribution in [1.82, 2.24) is 63.0 Å². The van der Waals surface area contributed by atoms with Crippen LogP contribution in [0, 0.1) is 11.6 Å². The zero-order valence-corrected chi connectivity index (χ0v) is 81.9. The fraction of sp³-hybridized carbons (Fsp3) is 0.667. The second-order valence-electron chi connectivity index (χ2n) is 32.3. The molecule has 2 aromatic carbocycles. The van der Waals surface area contributed by atoms with E-state index in [4.69, 9.17) is 77.9 Å². The van der Waals surface area contributed by atoms with Crippen molar-refractivity contribution < 1.29 is 204 Å². The zero-order valence-electron chi connectivity index (χ0n) is 82.1. The molecule has 12 atom stereocenters. The molecule has 0 aliphatic carbocycles. The largest absolute Gasteiger partial charge is 0.493 e. The fourth-order valence-electron chi connectivity index (χ4n) is 13.2. The molecule has 55 heteroatoms. The number of ether oxygens (including phenoxy) is 14. The lowest BCUT2D eigenvalue weighted by Gasteiger charge is -2.26. The van der Waals surface area contributed by atoms with E-state index < -0.39 is 265 Å². The maximum atomic E-state index is 16.2. The van der Waals surface area contributed by atoms with Gasteiger partial charge in [-0.2, -0.15) is 0 Å². The molecular weight excluding hydrogens is 1960 g/mol. The van der Waals surface area contributed by atoms with Crippen molar-refractivity contribution in [2.24, 2.45) is 0 Å². The van der Waals surface area contributed by atoms with Crippen LogP contribution in [0.2, 0.25) is 0 Å². The Hall–Kier alpha value is -11.3. The molecule has 1 aromatic heterocycles. The topological polar surface area (TPSA) is 731 Å². The number of amides is 13. The van der Waals surface area contributed by atoms with Gasteiger partial charge in [-0.3, -0.25) is 81.6 Å². The summed E-state index contributed by atoms with van der Waals surface area (Å²) >= 11 is 1.03. The second-order valence-corrected chi connectivity index (χ2v) is 33.4. The molecule has 1 unspecified atom stereocenters. The Morgan fingerprint density at radius 2 is 0.897 bits per heavy atom. The Bertz CT molecular complexity index is 4670. The summed E-state index contributed by atoms with van der Waals surface area (Å²) in [5.74, 6) is -13.8. The van der Waals surface area contributed by atoms with Gasteiger partial charge < -0.3 is 175 Å². The molecule has 13 amide bonds. The molecule has 0 spiro atoms. The fourth-order valence-corrected chi connectivity index (χ4v) is 14.3. The van der Waals surface area contributed by atoms with Crippen LogP contribution in [-0.2, 0) is 132 Å². The van der Waals surface area contributed by atoms with Gasteiger partial charge in [0.2, 0.25) is 76.8 Å². The van der Waals surface area contributed by atoms with Gasteiger partial charge in [0.25, 0.3) is 0 Å². The highest BCUT2D eigenvalue weighted by Crippen LogP contribution is 2.42. The van der Waals surface area contributed by atoms with Crippen LogP contribution in [0.25, 0.3) is 10.1 Å². The number of nitrogens with zero attached hydrogens (tertiary/aromatic N) is 2. The second kappa shape index (κ2) is 69.7. The predicted molar refractivity (Wildman–Crippen MR) is 497 cm³/mol. The molecule has 1 saturated heterocycles. The minimum atomic E-state index is -2.02. The maximum absolute atomic E-state index is 16.2. The zero-order chi connectivity index (χ0) is 108. The standard InChI is InChI=1S/C90H136F2N12O40S/c1-5-141-79(123)15-9-59(107)67-40-55-66(145-67)41-65(132-4)88(81(55)91)143-22-6-21-142-87-64(131-3)39-54-49-103(50-56(54)82(87)92)76(120)14-16-80(124)144-53(2)42-94-68(112)10-7-58(101-70(114)17-20-104-77(121)12-13-78(104)122)90(130)100-48-75(119)98-47-74(118)97-46-73(117)96-45-72(116)93-19-24-134-26-28-136-30-32-138-34-36-140-38-37-139-35-33-137-31-29-135-27-25-133-23-18-71(115)102-57(89(129)99-44-61(109)84(126)86(128)63(111)52-106)8-11-69(113)95-43-60(108)83(125)85(127)62(110)51-105/h39-41,53,57-58,60-63,83-86,105-106,108-111,125-128H,5-38,42-52H2,1-4H3,(H,93,116)(H,94,112)(H,95,113)(H,96,117)(H,97,118)(H,98,119)(H,99,129)(H,100,130)(H,101,114)(H,102,115)/t53-,57-,58-,60-,61-,62+,63+,83+,84+,85+,86+/m0/s1/i12T/t12?,53-,57-,58-,60-,61-,62+,63+,83+,84+,85+,86+. The van der Waals surface area contributed by atoms with Crippen molar-refractivity contribution in [2.75, 3.05) is 212 Å². The summed E-state index contributed by atoms with van der Waals surface area (Å²) in [6.45, 7) is -0.248. The van der Waals surface area contributed by atoms with Crippen LogP contribution < -0.4 is 72.1 Å². The summed E-state index contributed by atoms with van der Waals surface area (Å²) in [5, 5.41) is 121. The highest BCUT2D eigenvalue weighted by atomic mass is 32.1. The van der Waals surface area contributed by atoms with E-state index in [9.17, 15) is 118 Å². The van der Waals surface area contributed by atoms with E-state index >= 15 is 8.78 Å². The van der Waals surface area contributed by atoms with Gasteiger partial charge in [0, 0.05) is 120 Å². The third kappa shape index (κ3) is 47.4. The van der Waals surface area contributed by atoms with E-state index in [1.807, 2.05) is 0 Å². The van der Waals surface area contributed by atoms with E-state index in [1.54, 1.807) is 6.92 Å². The van der Waals surface area contributed by atoms with Crippen molar-refractivity contribution in [3.8, 4) is 23.0 Å². The number of carbonyl (C=O) groups excluding carboxylic acids is 16. The smallest absolute Gasteiger partial charge is 0.306 e. The number of rotatable bonds is 79. The number of aliphatic hydroxyl groups is 10. The molecule has 0 saturated carbocycles. The Morgan fingerprint density at radius 1 is 0.455 bits per heavy atom. The summed E-state index contributed by atoms with van der Waals surface area (Å²) in [6.07, 6.45) is -21.2. The van der Waals surface area contributed by atoms with Crippen LogP contribution in [0.5, 0.6) is 23.0 Å². The number of nitrogens with one attached hydrogen (secondary N) is 10. The summed E-state index contributed by atoms with van der Waals surface area (Å²) in [4.78, 5) is 206. The van der Waals surface area contributed by atoms with Crippen molar-refractivity contribution in [2.45, 2.75) is 177 Å². The van der Waals surface area contributed by atoms with Gasteiger partial charge >= 0.3 is 11.9 Å². The summed E-state index contributed by atoms with van der Waals surface area (Å²) in [6, 6.07) is 1.47. The van der Waals surface area contributed by atoms with Gasteiger partial charge in [-0.05, 0) is 44.4 Å². The molecule has 0 bridgehead atoms. The Labute approximate surface area is 837 Å². The van der Waals surface area contributed by atoms with Crippen molar-refractivity contribution in [1.29, 1.82) is 0 Å². The van der Waals surface area contributed by atoms with E-state index in [0.717, 1.165) is 16.2 Å². The average Bonchev–Trinajstić information content (AvgIpc) is 1.63. The first-order valence-electron chi connectivity index (χ1n) is 47.3. The van der Waals surface area contributed by atoms with Crippen molar-refractivity contribution in [3.05, 3.63) is 45.8 Å². The number of esters is 2. The van der Waals surface area contributed by atoms with Crippen molar-refractivity contribution in [3.63, 3.8) is 0 Å². The third-order valence-corrected chi connectivity index (χ3v) is 22.3. The van der Waals surface area contributed by atoms with Crippen LogP contribution in [0.15, 0.2) is 18.2 Å². The van der Waals surface area contributed by atoms with E-state index in [2.05, 4.69) is 53.2 Å². The molecule has 816 valence electrons. The van der Waals surface area contributed by atoms with Crippen LogP contribution >= 0.6 is 11.3 Å². The molecule has 145 heavy (non-hydrogen) atoms. The number of benzene rings is 2. The van der Waals surface area contributed by atoms with Crippen LogP contribution in [-0.4, -0.2) is 434 Å². The molecule has 3 aromatic rings. The first kappa shape index (κ1) is 122. The number of hydrogen-bond acceptors (Lipinski definition) is 41. The van der Waals surface area contributed by atoms with E-state index in [1.165, 1.54) is 44.2 Å². The molecule has 20 N–H and O–H groups in total. The monoisotopic (exact) mass is 2100 g/mol. The normalized spacial score (nSPS) is 15.2. The number of imide groups is 1. The molecule has 0 radical (unpaired) electrons. The van der Waals surface area contributed by atoms with Gasteiger partial charge in [-0.25, -0.2) is 8.78 Å². The highest BCUT2D eigenvalue weighted by molar-refractivity contribution is 7.20. The van der Waals surface area contributed by atoms with E-state index in [-0.39, 0.29) is 221 Å². The number of fused-ring (bicyclic) bond motifs is 2. The number of Topliss-reactive ketones (excluding diaryl/α,β-unsaturated/α-hetero) is 1. The Kier molecular flexibility index (Phi) is 58.8. The lowest BCUT2D eigenvalue weighted by atomic mass is 10.0. The molecule has 5 rings (SSSR count). The Morgan fingerprint density at radius 3 is 1.39 bits per heavy atom. The SMILES string of the molecule is [3H]C1CC(=O)N(CCC(=O)N[C@@H](CCC(=O)NC[C@H](C)OC(=O)CCC(=O)N2Cc3cc(OC)c(OCCCOc4c(OC)cc5sc(C(=O)CCC(=O)OCC)cc5c4F)c(F)c3C2)C(=O)NCC(=O)NCC(=O)NCC(=O)NCC(=O)NCCOCCOCCOCCOCCOCCOCCOCCOCCC(=O)N[C@@H](CCC(=O)NC[C@H](O)[C@@H](O)[C@H](O)[C@H](O)CO)C(=O)NC[C@H](O)[C@@H](O)[C@H](O)[C@H](O)CO)C1=O. The lowest BCUT2D eigenvalue weighted by Crippen LogP contribution is -2.53. The summed E-state index contributed by atoms with van der Waals surface area (Å²) < 4.78 is 117. The Balaban J connectivity index is 0.853. The van der Waals surface area contributed by atoms with Crippen LogP contribution in [0.4, 0.5) is 8.78 Å². The molecule has 1 fully saturated rings. The van der Waals surface area contributed by atoms with E-state index in [0.29, 0.717) is 30.1 Å². The lowest BCUT2D eigenvalue weighted by molar-refractivity contribution is -0.150. The quantitative estimate of drug-likeness (QED) is 0.0108. The number of halogens is 2.